The zero-order chi connectivity index (χ0) is 16.8. The van der Waals surface area contributed by atoms with Crippen molar-refractivity contribution in [1.82, 2.24) is 0 Å². The van der Waals surface area contributed by atoms with E-state index in [0.717, 1.165) is 12.2 Å². The third-order valence-corrected chi connectivity index (χ3v) is 3.72. The minimum absolute atomic E-state index is 0.341. The number of aryl methyl sites for hydroxylation is 1. The number of carbonyl (C=O) groups excluding carboxylic acids is 1. The van der Waals surface area contributed by atoms with Crippen molar-refractivity contribution in [3.05, 3.63) is 59.7 Å². The minimum Gasteiger partial charge on any atom is -0.497 e. The van der Waals surface area contributed by atoms with Gasteiger partial charge in [-0.2, -0.15) is 0 Å². The van der Waals surface area contributed by atoms with Crippen molar-refractivity contribution in [1.29, 1.82) is 0 Å². The Labute approximate surface area is 137 Å². The zero-order valence-corrected chi connectivity index (χ0v) is 14.1. The van der Waals surface area contributed by atoms with E-state index in [0.29, 0.717) is 11.3 Å². The molecule has 2 rings (SSSR count). The van der Waals surface area contributed by atoms with Crippen molar-refractivity contribution in [2.24, 2.45) is 0 Å². The average molecular weight is 313 g/mol. The smallest absolute Gasteiger partial charge is 0.340 e. The van der Waals surface area contributed by atoms with Gasteiger partial charge >= 0.3 is 5.97 Å². The molecule has 0 aliphatic rings. The first kappa shape index (κ1) is 16.9. The maximum atomic E-state index is 12.3. The van der Waals surface area contributed by atoms with E-state index >= 15 is 0 Å². The van der Waals surface area contributed by atoms with Crippen LogP contribution in [0.15, 0.2) is 48.5 Å². The fraction of sp³-hybridized carbons (Fsp3) is 0.316. The van der Waals surface area contributed by atoms with Gasteiger partial charge in [0, 0.05) is 12.2 Å². The molecule has 0 amide bonds. The molecule has 2 aromatic rings. The topological polar surface area (TPSA) is 38.8 Å². The zero-order valence-electron chi connectivity index (χ0n) is 14.1. The van der Waals surface area contributed by atoms with E-state index in [2.05, 4.69) is 11.0 Å². The van der Waals surface area contributed by atoms with Gasteiger partial charge in [-0.15, -0.1) is 0 Å². The average Bonchev–Trinajstić information content (AvgIpc) is 2.55. The molecule has 4 heteroatoms. The maximum Gasteiger partial charge on any atom is 0.340 e. The predicted octanol–water partition coefficient (Wildman–Crippen LogP) is 4.03. The van der Waals surface area contributed by atoms with Gasteiger partial charge < -0.3 is 14.4 Å². The summed E-state index contributed by atoms with van der Waals surface area (Å²) in [7, 11) is 1.59. The Hall–Kier alpha value is -2.49. The molecule has 0 aliphatic carbocycles. The Balaban J connectivity index is 2.09. The summed E-state index contributed by atoms with van der Waals surface area (Å²) in [6.45, 7) is 6.72. The van der Waals surface area contributed by atoms with Gasteiger partial charge in [-0.1, -0.05) is 12.1 Å². The lowest BCUT2D eigenvalue weighted by Gasteiger charge is -2.29. The van der Waals surface area contributed by atoms with Gasteiger partial charge in [-0.05, 0) is 62.7 Å². The van der Waals surface area contributed by atoms with Crippen LogP contribution in [0, 0.1) is 6.92 Å². The minimum atomic E-state index is -0.351. The molecule has 23 heavy (non-hydrogen) atoms. The summed E-state index contributed by atoms with van der Waals surface area (Å²) < 4.78 is 10.7. The highest BCUT2D eigenvalue weighted by Crippen LogP contribution is 2.20. The van der Waals surface area contributed by atoms with Gasteiger partial charge in [0.25, 0.3) is 0 Å². The van der Waals surface area contributed by atoms with Crippen LogP contribution in [0.2, 0.25) is 0 Å². The summed E-state index contributed by atoms with van der Waals surface area (Å²) in [5.41, 5.74) is 2.73. The summed E-state index contributed by atoms with van der Waals surface area (Å²) in [5.74, 6) is 0.371. The first-order valence-corrected chi connectivity index (χ1v) is 7.73. The predicted molar refractivity (Wildman–Crippen MR) is 92.1 cm³/mol. The van der Waals surface area contributed by atoms with E-state index in [-0.39, 0.29) is 12.2 Å². The van der Waals surface area contributed by atoms with Crippen LogP contribution in [-0.4, -0.2) is 25.9 Å². The first-order chi connectivity index (χ1) is 11.0. The van der Waals surface area contributed by atoms with Gasteiger partial charge in [0.05, 0.1) is 12.7 Å². The Kier molecular flexibility index (Phi) is 5.63. The fourth-order valence-electron chi connectivity index (χ4n) is 2.47. The van der Waals surface area contributed by atoms with E-state index in [1.807, 2.05) is 39.0 Å². The number of nitrogens with zero attached hydrogens (tertiary/aromatic N) is 1. The molecule has 0 bridgehead atoms. The molecular formula is C19H23NO3. The van der Waals surface area contributed by atoms with Crippen LogP contribution in [-0.2, 0) is 4.74 Å². The number of rotatable bonds is 6. The first-order valence-electron chi connectivity index (χ1n) is 7.73. The van der Waals surface area contributed by atoms with Gasteiger partial charge in [-0.25, -0.2) is 4.79 Å². The van der Waals surface area contributed by atoms with Crippen LogP contribution in [0.4, 0.5) is 5.69 Å². The van der Waals surface area contributed by atoms with Gasteiger partial charge in [0.1, 0.15) is 5.75 Å². The molecule has 0 heterocycles. The monoisotopic (exact) mass is 313 g/mol. The van der Waals surface area contributed by atoms with Gasteiger partial charge in [-0.3, -0.25) is 0 Å². The van der Waals surface area contributed by atoms with Crippen molar-refractivity contribution in [2.45, 2.75) is 27.0 Å². The Bertz CT molecular complexity index is 652. The van der Waals surface area contributed by atoms with Crippen LogP contribution in [0.5, 0.6) is 5.75 Å². The summed E-state index contributed by atoms with van der Waals surface area (Å²) in [4.78, 5) is 14.3. The molecule has 4 nitrogen and oxygen atoms in total. The number of hydrogen-bond acceptors (Lipinski definition) is 4. The van der Waals surface area contributed by atoms with Crippen molar-refractivity contribution in [3.63, 3.8) is 0 Å². The fourth-order valence-corrected chi connectivity index (χ4v) is 2.47. The van der Waals surface area contributed by atoms with Crippen LogP contribution in [0.25, 0.3) is 0 Å². The number of methoxy groups -OCH3 is 1. The molecule has 0 saturated carbocycles. The molecule has 0 N–H and O–H groups in total. The van der Waals surface area contributed by atoms with Crippen LogP contribution in [0.3, 0.4) is 0 Å². The molecule has 0 aromatic heterocycles. The maximum absolute atomic E-state index is 12.3. The molecular weight excluding hydrogens is 290 g/mol. The van der Waals surface area contributed by atoms with E-state index in [1.54, 1.807) is 31.4 Å². The van der Waals surface area contributed by atoms with Crippen molar-refractivity contribution < 1.29 is 14.3 Å². The third-order valence-electron chi connectivity index (χ3n) is 3.72. The lowest BCUT2D eigenvalue weighted by atomic mass is 10.2. The third kappa shape index (κ3) is 4.25. The van der Waals surface area contributed by atoms with Crippen LogP contribution < -0.4 is 9.64 Å². The van der Waals surface area contributed by atoms with Gasteiger partial charge in [0.15, 0.2) is 6.23 Å². The molecule has 0 saturated heterocycles. The Morgan fingerprint density at radius 1 is 1.17 bits per heavy atom. The number of carbonyl (C=O) groups is 1. The number of esters is 1. The molecule has 2 aromatic carbocycles. The van der Waals surface area contributed by atoms with E-state index in [1.165, 1.54) is 5.56 Å². The normalized spacial score (nSPS) is 11.7. The molecule has 0 spiro atoms. The lowest BCUT2D eigenvalue weighted by Crippen LogP contribution is -2.36. The Morgan fingerprint density at radius 3 is 2.43 bits per heavy atom. The van der Waals surface area contributed by atoms with Gasteiger partial charge in [0.2, 0.25) is 0 Å². The highest BCUT2D eigenvalue weighted by atomic mass is 16.6. The second-order valence-electron chi connectivity index (χ2n) is 5.36. The number of ether oxygens (including phenoxy) is 2. The number of anilines is 1. The standard InChI is InChI=1S/C19H23NO3/c1-5-20(17-8-6-7-14(2)13-17)15(3)23-19(21)16-9-11-18(22-4)12-10-16/h6-13,15H,5H2,1-4H3. The largest absolute Gasteiger partial charge is 0.497 e. The molecule has 1 atom stereocenters. The molecule has 0 fully saturated rings. The number of benzene rings is 2. The van der Waals surface area contributed by atoms with Crippen molar-refractivity contribution in [2.75, 3.05) is 18.6 Å². The quantitative estimate of drug-likeness (QED) is 0.596. The second kappa shape index (κ2) is 7.68. The number of hydrogen-bond donors (Lipinski definition) is 0. The second-order valence-corrected chi connectivity index (χ2v) is 5.36. The highest BCUT2D eigenvalue weighted by Gasteiger charge is 2.18. The summed E-state index contributed by atoms with van der Waals surface area (Å²) >= 11 is 0. The highest BCUT2D eigenvalue weighted by molar-refractivity contribution is 5.89. The van der Waals surface area contributed by atoms with E-state index < -0.39 is 0 Å². The summed E-state index contributed by atoms with van der Waals surface area (Å²) in [6, 6.07) is 15.1. The molecule has 0 aliphatic heterocycles. The lowest BCUT2D eigenvalue weighted by molar-refractivity contribution is 0.0336. The van der Waals surface area contributed by atoms with Crippen molar-refractivity contribution in [3.8, 4) is 5.75 Å². The van der Waals surface area contributed by atoms with Crippen molar-refractivity contribution >= 4 is 11.7 Å². The van der Waals surface area contributed by atoms with Crippen LogP contribution >= 0.6 is 0 Å². The molecule has 0 radical (unpaired) electrons. The molecule has 122 valence electrons. The molecule has 1 unspecified atom stereocenters. The SMILES string of the molecule is CCN(c1cccc(C)c1)C(C)OC(=O)c1ccc(OC)cc1. The van der Waals surface area contributed by atoms with E-state index in [9.17, 15) is 4.79 Å². The summed E-state index contributed by atoms with van der Waals surface area (Å²) in [6.07, 6.45) is -0.351. The summed E-state index contributed by atoms with van der Waals surface area (Å²) in [5, 5.41) is 0. The van der Waals surface area contributed by atoms with Crippen LogP contribution in [0.1, 0.15) is 29.8 Å². The Morgan fingerprint density at radius 2 is 1.87 bits per heavy atom. The van der Waals surface area contributed by atoms with E-state index in [4.69, 9.17) is 9.47 Å².